The van der Waals surface area contributed by atoms with Gasteiger partial charge in [-0.15, -0.1) is 0 Å². The maximum atomic E-state index is 15.6. The molecule has 6 nitrogen and oxygen atoms in total. The van der Waals surface area contributed by atoms with Crippen molar-refractivity contribution in [2.45, 2.75) is 88.3 Å². The molecule has 2 aromatic rings. The summed E-state index contributed by atoms with van der Waals surface area (Å²) < 4.78 is 45.2. The van der Waals surface area contributed by atoms with Crippen LogP contribution in [0.15, 0.2) is 60.7 Å². The minimum atomic E-state index is -4.13. The Hall–Kier alpha value is -1.58. The van der Waals surface area contributed by atoms with E-state index in [1.807, 2.05) is 60.7 Å². The van der Waals surface area contributed by atoms with Gasteiger partial charge in [0, 0.05) is 11.4 Å². The second kappa shape index (κ2) is 9.46. The van der Waals surface area contributed by atoms with Crippen LogP contribution in [-0.4, -0.2) is 11.2 Å². The van der Waals surface area contributed by atoms with E-state index in [0.717, 1.165) is 38.5 Å². The van der Waals surface area contributed by atoms with Gasteiger partial charge in [0.1, 0.15) is 0 Å². The van der Waals surface area contributed by atoms with Crippen LogP contribution in [0.4, 0.5) is 11.4 Å². The Labute approximate surface area is 238 Å². The van der Waals surface area contributed by atoms with Crippen molar-refractivity contribution in [2.75, 3.05) is 10.2 Å². The molecule has 2 atom stereocenters. The highest BCUT2D eigenvalue weighted by molar-refractivity contribution is 8.33. The number of hydrogen-bond acceptors (Lipinski definition) is 4. The van der Waals surface area contributed by atoms with Crippen LogP contribution in [0.25, 0.3) is 0 Å². The molecule has 0 aliphatic heterocycles. The van der Waals surface area contributed by atoms with Crippen LogP contribution in [-0.2, 0) is 18.2 Å². The first-order valence-electron chi connectivity index (χ1n) is 15.6. The minimum absolute atomic E-state index is 0.509. The summed E-state index contributed by atoms with van der Waals surface area (Å²) >= 11 is 0. The third kappa shape index (κ3) is 4.62. The van der Waals surface area contributed by atoms with Crippen molar-refractivity contribution in [3.8, 4) is 0 Å². The van der Waals surface area contributed by atoms with Crippen LogP contribution in [0.1, 0.15) is 77.0 Å². The lowest BCUT2D eigenvalue weighted by molar-refractivity contribution is -0.110. The molecule has 0 radical (unpaired) electrons. The lowest BCUT2D eigenvalue weighted by Crippen LogP contribution is -2.52. The molecule has 8 aliphatic rings. The Bertz CT molecular complexity index is 1180. The Kier molecular flexibility index (Phi) is 6.17. The number of rotatable bonds is 9. The highest BCUT2D eigenvalue weighted by atomic mass is 32.1. The molecule has 40 heavy (non-hydrogen) atoms. The summed E-state index contributed by atoms with van der Waals surface area (Å²) in [6.07, 6.45) is 12.9. The van der Waals surface area contributed by atoms with Gasteiger partial charge in [-0.05, 0) is 137 Å². The van der Waals surface area contributed by atoms with Gasteiger partial charge < -0.3 is 10.2 Å². The Morgan fingerprint density at radius 3 is 1.05 bits per heavy atom. The molecular formula is C32H42N2O4P2. The van der Waals surface area contributed by atoms with E-state index >= 15 is 9.13 Å². The standard InChI is InChI=1S/C32H42N2O4P2/c35-39(33-29-7-3-1-4-8-29,37-31-17-23-11-24(18-31)13-25(12-23)19-31)40(36,34-30-9-5-2-6-10-30)38-32-20-26-14-27(21-32)16-28(15-26)22-32/h1-10,23-28H,11-22H2,(H,33,35)(H,34,36). The third-order valence-electron chi connectivity index (χ3n) is 11.0. The van der Waals surface area contributed by atoms with E-state index in [-0.39, 0.29) is 0 Å². The van der Waals surface area contributed by atoms with E-state index in [1.54, 1.807) is 0 Å². The van der Waals surface area contributed by atoms with Crippen molar-refractivity contribution in [3.05, 3.63) is 60.7 Å². The quantitative estimate of drug-likeness (QED) is 0.288. The topological polar surface area (TPSA) is 76.7 Å². The molecule has 8 aliphatic carbocycles. The zero-order valence-electron chi connectivity index (χ0n) is 23.3. The van der Waals surface area contributed by atoms with E-state index in [2.05, 4.69) is 10.2 Å². The van der Waals surface area contributed by atoms with E-state index in [4.69, 9.17) is 9.05 Å². The zero-order chi connectivity index (χ0) is 27.0. The summed E-state index contributed by atoms with van der Waals surface area (Å²) in [6.45, 7) is 0. The van der Waals surface area contributed by atoms with Crippen LogP contribution in [0, 0.1) is 35.5 Å². The van der Waals surface area contributed by atoms with E-state index < -0.39 is 25.6 Å². The van der Waals surface area contributed by atoms with Crippen molar-refractivity contribution >= 4 is 25.8 Å². The van der Waals surface area contributed by atoms with Gasteiger partial charge in [-0.3, -0.25) is 18.2 Å². The molecule has 0 aromatic heterocycles. The van der Waals surface area contributed by atoms with Gasteiger partial charge >= 0.3 is 14.4 Å². The summed E-state index contributed by atoms with van der Waals surface area (Å²) in [4.78, 5) is 0. The number of hydrogen-bond donors (Lipinski definition) is 2. The zero-order valence-corrected chi connectivity index (χ0v) is 25.0. The van der Waals surface area contributed by atoms with Gasteiger partial charge in [0.05, 0.1) is 11.2 Å². The summed E-state index contributed by atoms with van der Waals surface area (Å²) in [5.74, 6) is 3.68. The van der Waals surface area contributed by atoms with Gasteiger partial charge in [0.15, 0.2) is 0 Å². The lowest BCUT2D eigenvalue weighted by atomic mass is 9.54. The van der Waals surface area contributed by atoms with Crippen molar-refractivity contribution < 1.29 is 18.2 Å². The largest absolute Gasteiger partial charge is 0.397 e. The molecule has 0 amide bonds. The predicted octanol–water partition coefficient (Wildman–Crippen LogP) is 9.48. The molecule has 0 spiro atoms. The van der Waals surface area contributed by atoms with Crippen LogP contribution in [0.5, 0.6) is 0 Å². The summed E-state index contributed by atoms with van der Waals surface area (Å²) in [5.41, 5.74) is 0.287. The monoisotopic (exact) mass is 580 g/mol. The molecule has 8 heteroatoms. The highest BCUT2D eigenvalue weighted by Crippen LogP contribution is 2.85. The molecule has 2 N–H and O–H groups in total. The third-order valence-corrected chi connectivity index (χ3v) is 17.2. The Morgan fingerprint density at radius 1 is 0.500 bits per heavy atom. The second-order valence-corrected chi connectivity index (χ2v) is 20.4. The molecule has 214 valence electrons. The minimum Gasteiger partial charge on any atom is -0.307 e. The van der Waals surface area contributed by atoms with E-state index in [9.17, 15) is 0 Å². The fourth-order valence-electron chi connectivity index (χ4n) is 10.4. The summed E-state index contributed by atoms with van der Waals surface area (Å²) in [7, 11) is -8.26. The summed E-state index contributed by atoms with van der Waals surface area (Å²) in [5, 5.41) is 6.51. The van der Waals surface area contributed by atoms with Crippen LogP contribution in [0.3, 0.4) is 0 Å². The van der Waals surface area contributed by atoms with Gasteiger partial charge in [0.2, 0.25) is 0 Å². The fourth-order valence-corrected chi connectivity index (χ4v) is 16.6. The molecule has 2 unspecified atom stereocenters. The molecule has 0 heterocycles. The van der Waals surface area contributed by atoms with Gasteiger partial charge in [-0.2, -0.15) is 0 Å². The lowest BCUT2D eigenvalue weighted by Gasteiger charge is -2.58. The Morgan fingerprint density at radius 2 is 0.775 bits per heavy atom. The SMILES string of the molecule is O=P(Nc1ccccc1)(OC12CC3CC(CC(C3)C1)C2)P(=O)(Nc1ccccc1)OC12CC3CC(CC(C3)C1)C2. The first kappa shape index (κ1) is 26.1. The normalized spacial score (nSPS) is 41.8. The molecule has 8 saturated carbocycles. The molecule has 8 bridgehead atoms. The number of benzene rings is 2. The molecule has 2 aromatic carbocycles. The summed E-state index contributed by atoms with van der Waals surface area (Å²) in [6, 6.07) is 19.0. The Balaban J connectivity index is 1.21. The molecule has 0 saturated heterocycles. The molecule has 10 rings (SSSR count). The van der Waals surface area contributed by atoms with Gasteiger partial charge in [0.25, 0.3) is 0 Å². The van der Waals surface area contributed by atoms with Crippen molar-refractivity contribution in [1.82, 2.24) is 0 Å². The molecule has 8 fully saturated rings. The number of nitrogens with one attached hydrogen (secondary N) is 2. The highest BCUT2D eigenvalue weighted by Gasteiger charge is 2.62. The number of para-hydroxylation sites is 2. The molecular weight excluding hydrogens is 538 g/mol. The maximum absolute atomic E-state index is 15.6. The van der Waals surface area contributed by atoms with Crippen LogP contribution < -0.4 is 10.2 Å². The van der Waals surface area contributed by atoms with E-state index in [0.29, 0.717) is 46.9 Å². The van der Waals surface area contributed by atoms with Crippen LogP contribution in [0.2, 0.25) is 0 Å². The maximum Gasteiger partial charge on any atom is 0.397 e. The smallest absolute Gasteiger partial charge is 0.307 e. The van der Waals surface area contributed by atoms with Gasteiger partial charge in [-0.25, -0.2) is 0 Å². The van der Waals surface area contributed by atoms with Crippen LogP contribution >= 0.6 is 14.4 Å². The van der Waals surface area contributed by atoms with Gasteiger partial charge in [-0.1, -0.05) is 36.4 Å². The second-order valence-electron chi connectivity index (χ2n) is 14.4. The number of anilines is 2. The average Bonchev–Trinajstić information content (AvgIpc) is 2.87. The van der Waals surface area contributed by atoms with E-state index in [1.165, 1.54) is 38.5 Å². The van der Waals surface area contributed by atoms with Crippen molar-refractivity contribution in [2.24, 2.45) is 35.5 Å². The predicted molar refractivity (Wildman–Crippen MR) is 159 cm³/mol. The first-order valence-corrected chi connectivity index (χ1v) is 19.5. The fraction of sp³-hybridized carbons (Fsp3) is 0.625. The van der Waals surface area contributed by atoms with Crippen molar-refractivity contribution in [1.29, 1.82) is 0 Å². The average molecular weight is 581 g/mol. The first-order chi connectivity index (χ1) is 19.3. The van der Waals surface area contributed by atoms with Crippen molar-refractivity contribution in [3.63, 3.8) is 0 Å².